The minimum Gasteiger partial charge on any atom is -0.493 e. The average molecular weight is 444 g/mol. The highest BCUT2D eigenvalue weighted by Crippen LogP contribution is 2.38. The van der Waals surface area contributed by atoms with Crippen molar-refractivity contribution in [3.05, 3.63) is 35.9 Å². The van der Waals surface area contributed by atoms with E-state index in [1.165, 1.54) is 0 Å². The molecule has 0 atom stereocenters. The Hall–Kier alpha value is -3.00. The van der Waals surface area contributed by atoms with E-state index in [-0.39, 0.29) is 11.8 Å². The zero-order valence-electron chi connectivity index (χ0n) is 19.2. The third-order valence-electron chi connectivity index (χ3n) is 5.83. The molecule has 2 saturated heterocycles. The smallest absolute Gasteiger partial charge is 0.246 e. The highest BCUT2D eigenvalue weighted by molar-refractivity contribution is 5.88. The fourth-order valence-electron chi connectivity index (χ4n) is 3.99. The molecule has 0 radical (unpaired) electrons. The number of amides is 2. The van der Waals surface area contributed by atoms with Crippen molar-refractivity contribution in [1.29, 1.82) is 0 Å². The molecule has 2 amide bonds. The molecule has 0 unspecified atom stereocenters. The van der Waals surface area contributed by atoms with Gasteiger partial charge in [-0.05, 0) is 30.5 Å². The van der Waals surface area contributed by atoms with Crippen LogP contribution in [0.25, 0.3) is 6.08 Å². The topological polar surface area (TPSA) is 71.6 Å². The van der Waals surface area contributed by atoms with Gasteiger partial charge in [-0.3, -0.25) is 14.5 Å². The lowest BCUT2D eigenvalue weighted by molar-refractivity contribution is -0.132. The number of carbonyl (C=O) groups excluding carboxylic acids is 2. The summed E-state index contributed by atoms with van der Waals surface area (Å²) in [5.41, 5.74) is 0.868. The summed E-state index contributed by atoms with van der Waals surface area (Å²) in [6, 6.07) is 3.69. The Morgan fingerprint density at radius 3 is 2.03 bits per heavy atom. The first-order valence-electron chi connectivity index (χ1n) is 11.0. The third-order valence-corrected chi connectivity index (χ3v) is 5.83. The van der Waals surface area contributed by atoms with Crippen LogP contribution in [0.3, 0.4) is 0 Å². The number of rotatable bonds is 8. The number of benzene rings is 1. The van der Waals surface area contributed by atoms with E-state index < -0.39 is 0 Å². The standard InChI is InChI=1S/C24H33N3O5/c1-30-20-16-19(17-21(31-2)24(20)32-3)8-4-5-9-22(28)27-14-12-25(13-15-27)18-23(29)26-10-6-7-11-26/h4-5,8-9,16-17H,6-7,10-15,18H2,1-3H3. The quantitative estimate of drug-likeness (QED) is 0.452. The first-order valence-corrected chi connectivity index (χ1v) is 11.0. The van der Waals surface area contributed by atoms with Gasteiger partial charge in [0.1, 0.15) is 0 Å². The van der Waals surface area contributed by atoms with Crippen LogP contribution in [-0.2, 0) is 9.59 Å². The van der Waals surface area contributed by atoms with E-state index in [0.717, 1.165) is 44.6 Å². The Kier molecular flexibility index (Phi) is 8.56. The molecule has 1 aromatic rings. The molecule has 0 spiro atoms. The average Bonchev–Trinajstić information content (AvgIpc) is 3.36. The number of carbonyl (C=O) groups is 2. The Bertz CT molecular complexity index is 828. The molecule has 3 rings (SSSR count). The van der Waals surface area contributed by atoms with Gasteiger partial charge in [0.05, 0.1) is 27.9 Å². The lowest BCUT2D eigenvalue weighted by Crippen LogP contribution is -2.51. The molecule has 2 aliphatic rings. The van der Waals surface area contributed by atoms with Crippen LogP contribution in [0.4, 0.5) is 0 Å². The van der Waals surface area contributed by atoms with E-state index in [1.54, 1.807) is 33.5 Å². The molecule has 8 heteroatoms. The van der Waals surface area contributed by atoms with Crippen molar-refractivity contribution in [3.63, 3.8) is 0 Å². The maximum atomic E-state index is 12.5. The van der Waals surface area contributed by atoms with Crippen LogP contribution in [0, 0.1) is 0 Å². The summed E-state index contributed by atoms with van der Waals surface area (Å²) in [5.74, 6) is 1.88. The summed E-state index contributed by atoms with van der Waals surface area (Å²) in [6.07, 6.45) is 9.19. The van der Waals surface area contributed by atoms with Crippen molar-refractivity contribution < 1.29 is 23.8 Å². The Morgan fingerprint density at radius 1 is 0.844 bits per heavy atom. The van der Waals surface area contributed by atoms with Gasteiger partial charge in [-0.15, -0.1) is 0 Å². The largest absolute Gasteiger partial charge is 0.493 e. The predicted molar refractivity (Wildman–Crippen MR) is 123 cm³/mol. The minimum atomic E-state index is -0.0231. The molecule has 174 valence electrons. The van der Waals surface area contributed by atoms with Gasteiger partial charge < -0.3 is 24.0 Å². The Morgan fingerprint density at radius 2 is 1.47 bits per heavy atom. The molecule has 0 N–H and O–H groups in total. The SMILES string of the molecule is COc1cc(C=CC=CC(=O)N2CCN(CC(=O)N3CCCC3)CC2)cc(OC)c1OC. The molecular weight excluding hydrogens is 410 g/mol. The van der Waals surface area contributed by atoms with Crippen molar-refractivity contribution in [1.82, 2.24) is 14.7 Å². The van der Waals surface area contributed by atoms with Gasteiger partial charge in [0.2, 0.25) is 17.6 Å². The van der Waals surface area contributed by atoms with Crippen molar-refractivity contribution >= 4 is 17.9 Å². The molecule has 32 heavy (non-hydrogen) atoms. The Balaban J connectivity index is 1.48. The van der Waals surface area contributed by atoms with E-state index in [1.807, 2.05) is 34.1 Å². The Labute approximate surface area is 190 Å². The second-order valence-electron chi connectivity index (χ2n) is 7.87. The molecule has 1 aromatic carbocycles. The molecule has 8 nitrogen and oxygen atoms in total. The summed E-state index contributed by atoms with van der Waals surface area (Å²) in [6.45, 7) is 4.92. The summed E-state index contributed by atoms with van der Waals surface area (Å²) >= 11 is 0. The van der Waals surface area contributed by atoms with Crippen molar-refractivity contribution in [2.45, 2.75) is 12.8 Å². The number of nitrogens with zero attached hydrogens (tertiary/aromatic N) is 3. The number of methoxy groups -OCH3 is 3. The second kappa shape index (κ2) is 11.6. The van der Waals surface area contributed by atoms with Crippen molar-refractivity contribution in [3.8, 4) is 17.2 Å². The molecule has 0 aromatic heterocycles. The second-order valence-corrected chi connectivity index (χ2v) is 7.87. The number of piperazine rings is 1. The van der Waals surface area contributed by atoms with Gasteiger partial charge in [-0.2, -0.15) is 0 Å². The summed E-state index contributed by atoms with van der Waals surface area (Å²) in [4.78, 5) is 30.7. The van der Waals surface area contributed by atoms with Crippen LogP contribution in [0.1, 0.15) is 18.4 Å². The maximum Gasteiger partial charge on any atom is 0.246 e. The van der Waals surface area contributed by atoms with Crippen LogP contribution >= 0.6 is 0 Å². The van der Waals surface area contributed by atoms with E-state index in [0.29, 0.717) is 36.9 Å². The van der Waals surface area contributed by atoms with E-state index >= 15 is 0 Å². The number of likely N-dealkylation sites (tertiary alicyclic amines) is 1. The molecule has 0 aliphatic carbocycles. The summed E-state index contributed by atoms with van der Waals surface area (Å²) in [7, 11) is 4.71. The van der Waals surface area contributed by atoms with Gasteiger partial charge in [0.15, 0.2) is 11.5 Å². The van der Waals surface area contributed by atoms with Gasteiger partial charge in [-0.25, -0.2) is 0 Å². The highest BCUT2D eigenvalue weighted by atomic mass is 16.5. The first kappa shape index (κ1) is 23.7. The fraction of sp³-hybridized carbons (Fsp3) is 0.500. The van der Waals surface area contributed by atoms with E-state index in [4.69, 9.17) is 14.2 Å². The number of hydrogen-bond donors (Lipinski definition) is 0. The lowest BCUT2D eigenvalue weighted by Gasteiger charge is -2.34. The molecule has 2 aliphatic heterocycles. The predicted octanol–water partition coefficient (Wildman–Crippen LogP) is 2.05. The van der Waals surface area contributed by atoms with Gasteiger partial charge in [0, 0.05) is 45.3 Å². The van der Waals surface area contributed by atoms with Crippen LogP contribution < -0.4 is 14.2 Å². The molecule has 2 heterocycles. The van der Waals surface area contributed by atoms with Crippen LogP contribution in [0.2, 0.25) is 0 Å². The van der Waals surface area contributed by atoms with Crippen LogP contribution in [0.15, 0.2) is 30.4 Å². The normalized spacial score (nSPS) is 17.3. The van der Waals surface area contributed by atoms with Gasteiger partial charge in [-0.1, -0.05) is 18.2 Å². The number of allylic oxidation sites excluding steroid dienone is 2. The molecule has 0 bridgehead atoms. The minimum absolute atomic E-state index is 0.0231. The first-order chi connectivity index (χ1) is 15.5. The van der Waals surface area contributed by atoms with Crippen molar-refractivity contribution in [2.24, 2.45) is 0 Å². The number of ether oxygens (including phenoxy) is 3. The summed E-state index contributed by atoms with van der Waals surface area (Å²) < 4.78 is 16.0. The summed E-state index contributed by atoms with van der Waals surface area (Å²) in [5, 5.41) is 0. The molecule has 2 fully saturated rings. The monoisotopic (exact) mass is 443 g/mol. The number of hydrogen-bond acceptors (Lipinski definition) is 6. The molecule has 0 saturated carbocycles. The van der Waals surface area contributed by atoms with Crippen LogP contribution in [-0.4, -0.2) is 93.7 Å². The maximum absolute atomic E-state index is 12.5. The van der Waals surface area contributed by atoms with E-state index in [2.05, 4.69) is 4.90 Å². The zero-order chi connectivity index (χ0) is 22.9. The van der Waals surface area contributed by atoms with Gasteiger partial charge in [0.25, 0.3) is 0 Å². The van der Waals surface area contributed by atoms with Crippen molar-refractivity contribution in [2.75, 3.05) is 67.1 Å². The fourth-order valence-corrected chi connectivity index (χ4v) is 3.99. The zero-order valence-corrected chi connectivity index (χ0v) is 19.2. The lowest BCUT2D eigenvalue weighted by atomic mass is 10.1. The van der Waals surface area contributed by atoms with E-state index in [9.17, 15) is 9.59 Å². The highest BCUT2D eigenvalue weighted by Gasteiger charge is 2.24. The van der Waals surface area contributed by atoms with Crippen LogP contribution in [0.5, 0.6) is 17.2 Å². The van der Waals surface area contributed by atoms with Gasteiger partial charge >= 0.3 is 0 Å². The molecular formula is C24H33N3O5. The third kappa shape index (κ3) is 6.03.